The summed E-state index contributed by atoms with van der Waals surface area (Å²) in [5.74, 6) is 0. The molecule has 0 radical (unpaired) electrons. The van der Waals surface area contributed by atoms with E-state index in [1.807, 2.05) is 11.0 Å². The first-order valence-electron chi connectivity index (χ1n) is 10.8. The molecular formula is C24H32N4O. The van der Waals surface area contributed by atoms with Crippen LogP contribution in [0.4, 0.5) is 16.2 Å². The fourth-order valence-electron chi connectivity index (χ4n) is 4.44. The van der Waals surface area contributed by atoms with E-state index in [9.17, 15) is 4.79 Å². The highest BCUT2D eigenvalue weighted by molar-refractivity contribution is 5.89. The molecule has 2 aromatic rings. The molecule has 2 aliphatic rings. The Balaban J connectivity index is 1.31. The van der Waals surface area contributed by atoms with Crippen LogP contribution in [0.25, 0.3) is 0 Å². The lowest BCUT2D eigenvalue weighted by Gasteiger charge is -2.43. The molecule has 2 saturated heterocycles. The number of urea groups is 1. The van der Waals surface area contributed by atoms with Crippen molar-refractivity contribution in [2.45, 2.75) is 32.7 Å². The highest BCUT2D eigenvalue weighted by atomic mass is 16.2. The monoisotopic (exact) mass is 392 g/mol. The lowest BCUT2D eigenvalue weighted by atomic mass is 10.0. The van der Waals surface area contributed by atoms with E-state index in [0.29, 0.717) is 6.04 Å². The van der Waals surface area contributed by atoms with Gasteiger partial charge >= 0.3 is 6.03 Å². The van der Waals surface area contributed by atoms with Crippen molar-refractivity contribution in [3.8, 4) is 0 Å². The Morgan fingerprint density at radius 2 is 1.69 bits per heavy atom. The van der Waals surface area contributed by atoms with Crippen molar-refractivity contribution in [3.05, 3.63) is 59.7 Å². The summed E-state index contributed by atoms with van der Waals surface area (Å²) >= 11 is 0. The molecule has 154 valence electrons. The van der Waals surface area contributed by atoms with Crippen LogP contribution < -0.4 is 10.2 Å². The molecule has 0 bridgehead atoms. The zero-order chi connectivity index (χ0) is 20.2. The molecule has 2 heterocycles. The maximum Gasteiger partial charge on any atom is 0.321 e. The number of rotatable bonds is 3. The Bertz CT molecular complexity index is 830. The second kappa shape index (κ2) is 8.87. The lowest BCUT2D eigenvalue weighted by molar-refractivity contribution is 0.108. The molecule has 0 spiro atoms. The van der Waals surface area contributed by atoms with Crippen molar-refractivity contribution < 1.29 is 4.79 Å². The summed E-state index contributed by atoms with van der Waals surface area (Å²) in [6.45, 7) is 10.1. The average molecular weight is 393 g/mol. The van der Waals surface area contributed by atoms with E-state index in [1.165, 1.54) is 23.2 Å². The topological polar surface area (TPSA) is 38.8 Å². The summed E-state index contributed by atoms with van der Waals surface area (Å²) in [5.41, 5.74) is 4.65. The molecule has 2 amide bonds. The summed E-state index contributed by atoms with van der Waals surface area (Å²) in [5, 5.41) is 3.09. The zero-order valence-corrected chi connectivity index (χ0v) is 17.6. The number of hydrogen-bond acceptors (Lipinski definition) is 3. The molecule has 0 saturated carbocycles. The molecule has 0 aliphatic carbocycles. The highest BCUT2D eigenvalue weighted by Crippen LogP contribution is 2.22. The van der Waals surface area contributed by atoms with E-state index in [2.05, 4.69) is 71.4 Å². The predicted molar refractivity (Wildman–Crippen MR) is 120 cm³/mol. The van der Waals surface area contributed by atoms with Crippen molar-refractivity contribution in [2.24, 2.45) is 0 Å². The summed E-state index contributed by atoms with van der Waals surface area (Å²) in [6.07, 6.45) is 2.25. The van der Waals surface area contributed by atoms with E-state index in [4.69, 9.17) is 0 Å². The minimum absolute atomic E-state index is 0.0286. The molecule has 5 heteroatoms. The van der Waals surface area contributed by atoms with Gasteiger partial charge in [-0.15, -0.1) is 0 Å². The third-order valence-corrected chi connectivity index (χ3v) is 6.39. The van der Waals surface area contributed by atoms with Crippen molar-refractivity contribution in [1.82, 2.24) is 9.80 Å². The summed E-state index contributed by atoms with van der Waals surface area (Å²) in [6, 6.07) is 17.3. The van der Waals surface area contributed by atoms with Gasteiger partial charge in [0.15, 0.2) is 0 Å². The Morgan fingerprint density at radius 3 is 2.41 bits per heavy atom. The normalized spacial score (nSPS) is 20.6. The summed E-state index contributed by atoms with van der Waals surface area (Å²) in [7, 11) is 0. The number of nitrogens with one attached hydrogen (secondary N) is 1. The van der Waals surface area contributed by atoms with E-state index >= 15 is 0 Å². The van der Waals surface area contributed by atoms with E-state index in [1.54, 1.807) is 0 Å². The second-order valence-electron chi connectivity index (χ2n) is 8.33. The largest absolute Gasteiger partial charge is 0.369 e. The van der Waals surface area contributed by atoms with Gasteiger partial charge in [-0.05, 0) is 62.1 Å². The standard InChI is InChI=1S/C24H32N4O/c1-19-10-11-21(17-20(19)2)25-24(29)28-12-6-9-23(18-28)27-15-13-26(14-16-27)22-7-4-3-5-8-22/h3-5,7-8,10-11,17,23H,6,9,12-16,18H2,1-2H3,(H,25,29). The van der Waals surface area contributed by atoms with Crippen LogP contribution in [0.2, 0.25) is 0 Å². The first kappa shape index (κ1) is 19.8. The van der Waals surface area contributed by atoms with Gasteiger partial charge in [-0.25, -0.2) is 4.79 Å². The number of amides is 2. The van der Waals surface area contributed by atoms with Gasteiger partial charge in [-0.1, -0.05) is 24.3 Å². The molecular weight excluding hydrogens is 360 g/mol. The number of benzene rings is 2. The van der Waals surface area contributed by atoms with Gasteiger partial charge in [0.25, 0.3) is 0 Å². The van der Waals surface area contributed by atoms with Crippen LogP contribution in [0.5, 0.6) is 0 Å². The van der Waals surface area contributed by atoms with Crippen LogP contribution in [0.15, 0.2) is 48.5 Å². The first-order chi connectivity index (χ1) is 14.1. The van der Waals surface area contributed by atoms with Gasteiger partial charge in [0.05, 0.1) is 0 Å². The fraction of sp³-hybridized carbons (Fsp3) is 0.458. The molecule has 1 unspecified atom stereocenters. The average Bonchev–Trinajstić information content (AvgIpc) is 2.77. The predicted octanol–water partition coefficient (Wildman–Crippen LogP) is 4.12. The van der Waals surface area contributed by atoms with Gasteiger partial charge in [-0.2, -0.15) is 0 Å². The Kier molecular flexibility index (Phi) is 6.05. The van der Waals surface area contributed by atoms with Crippen LogP contribution in [0.1, 0.15) is 24.0 Å². The van der Waals surface area contributed by atoms with Gasteiger partial charge in [0.2, 0.25) is 0 Å². The van der Waals surface area contributed by atoms with Crippen LogP contribution in [-0.4, -0.2) is 61.1 Å². The number of para-hydroxylation sites is 1. The van der Waals surface area contributed by atoms with Crippen molar-refractivity contribution in [2.75, 3.05) is 49.5 Å². The first-order valence-corrected chi connectivity index (χ1v) is 10.8. The van der Waals surface area contributed by atoms with Gasteiger partial charge in [0.1, 0.15) is 0 Å². The number of piperidine rings is 1. The van der Waals surface area contributed by atoms with Crippen LogP contribution >= 0.6 is 0 Å². The molecule has 0 aromatic heterocycles. The molecule has 1 atom stereocenters. The SMILES string of the molecule is Cc1ccc(NC(=O)N2CCCC(N3CCN(c4ccccc4)CC3)C2)cc1C. The van der Waals surface area contributed by atoms with Crippen LogP contribution in [0, 0.1) is 13.8 Å². The van der Waals surface area contributed by atoms with Gasteiger partial charge < -0.3 is 15.1 Å². The number of aryl methyl sites for hydroxylation is 2. The van der Waals surface area contributed by atoms with Gasteiger partial charge in [0, 0.05) is 56.7 Å². The second-order valence-corrected chi connectivity index (χ2v) is 8.33. The van der Waals surface area contributed by atoms with Crippen LogP contribution in [0.3, 0.4) is 0 Å². The minimum atomic E-state index is 0.0286. The molecule has 2 aromatic carbocycles. The number of nitrogens with zero attached hydrogens (tertiary/aromatic N) is 3. The number of piperazine rings is 1. The van der Waals surface area contributed by atoms with E-state index in [-0.39, 0.29) is 6.03 Å². The van der Waals surface area contributed by atoms with Crippen molar-refractivity contribution in [3.63, 3.8) is 0 Å². The molecule has 2 fully saturated rings. The quantitative estimate of drug-likeness (QED) is 0.854. The maximum absolute atomic E-state index is 12.8. The summed E-state index contributed by atoms with van der Waals surface area (Å²) < 4.78 is 0. The zero-order valence-electron chi connectivity index (χ0n) is 17.6. The highest BCUT2D eigenvalue weighted by Gasteiger charge is 2.30. The maximum atomic E-state index is 12.8. The number of likely N-dealkylation sites (tertiary alicyclic amines) is 1. The fourth-order valence-corrected chi connectivity index (χ4v) is 4.44. The number of hydrogen-bond donors (Lipinski definition) is 1. The third-order valence-electron chi connectivity index (χ3n) is 6.39. The molecule has 1 N–H and O–H groups in total. The third kappa shape index (κ3) is 4.73. The molecule has 2 aliphatic heterocycles. The van der Waals surface area contributed by atoms with Crippen molar-refractivity contribution in [1.29, 1.82) is 0 Å². The minimum Gasteiger partial charge on any atom is -0.369 e. The summed E-state index contributed by atoms with van der Waals surface area (Å²) in [4.78, 5) is 19.9. The van der Waals surface area contributed by atoms with Crippen LogP contribution in [-0.2, 0) is 0 Å². The number of carbonyl (C=O) groups is 1. The number of carbonyl (C=O) groups excluding carboxylic acids is 1. The van der Waals surface area contributed by atoms with Gasteiger partial charge in [-0.3, -0.25) is 4.90 Å². The Hall–Kier alpha value is -2.53. The van der Waals surface area contributed by atoms with E-state index < -0.39 is 0 Å². The number of anilines is 2. The molecule has 29 heavy (non-hydrogen) atoms. The molecule has 5 nitrogen and oxygen atoms in total. The Morgan fingerprint density at radius 1 is 0.931 bits per heavy atom. The molecule has 4 rings (SSSR count). The smallest absolute Gasteiger partial charge is 0.321 e. The van der Waals surface area contributed by atoms with Crippen molar-refractivity contribution >= 4 is 17.4 Å². The van der Waals surface area contributed by atoms with E-state index in [0.717, 1.165) is 51.4 Å². The Labute approximate surface area is 174 Å². The lowest BCUT2D eigenvalue weighted by Crippen LogP contribution is -2.56.